The molecule has 0 bridgehead atoms. The van der Waals surface area contributed by atoms with E-state index in [1.54, 1.807) is 0 Å². The summed E-state index contributed by atoms with van der Waals surface area (Å²) >= 11 is 0. The van der Waals surface area contributed by atoms with E-state index in [4.69, 9.17) is 0 Å². The number of likely N-dealkylation sites (N-methyl/N-ethyl adjacent to an activating group) is 1. The molecule has 0 aliphatic heterocycles. The molecule has 1 atom stereocenters. The molecule has 0 heterocycles. The summed E-state index contributed by atoms with van der Waals surface area (Å²) < 4.78 is 0. The van der Waals surface area contributed by atoms with Gasteiger partial charge in [0.1, 0.15) is 0 Å². The minimum atomic E-state index is 0.612. The molecule has 1 N–H and O–H groups in total. The number of hydrogen-bond acceptors (Lipinski definition) is 1. The van der Waals surface area contributed by atoms with Crippen LogP contribution >= 0.6 is 0 Å². The molecule has 0 aliphatic rings. The second kappa shape index (κ2) is 7.50. The molecule has 0 saturated heterocycles. The summed E-state index contributed by atoms with van der Waals surface area (Å²) in [5.74, 6) is 0.858. The summed E-state index contributed by atoms with van der Waals surface area (Å²) in [4.78, 5) is 0. The van der Waals surface area contributed by atoms with Crippen molar-refractivity contribution in [3.05, 3.63) is 35.4 Å². The normalized spacial score (nSPS) is 13.0. The molecular formula is C16H27N. The molecule has 0 spiro atoms. The van der Waals surface area contributed by atoms with Gasteiger partial charge in [-0.3, -0.25) is 0 Å². The van der Waals surface area contributed by atoms with Crippen LogP contribution in [-0.4, -0.2) is 13.1 Å². The van der Waals surface area contributed by atoms with Gasteiger partial charge in [-0.25, -0.2) is 0 Å². The number of rotatable bonds is 7. The molecule has 1 aromatic rings. The minimum Gasteiger partial charge on any atom is -0.317 e. The van der Waals surface area contributed by atoms with Gasteiger partial charge in [0, 0.05) is 6.04 Å². The predicted molar refractivity (Wildman–Crippen MR) is 76.4 cm³/mol. The predicted octanol–water partition coefficient (Wildman–Crippen LogP) is 3.95. The molecule has 17 heavy (non-hydrogen) atoms. The fraction of sp³-hybridized carbons (Fsp3) is 0.625. The van der Waals surface area contributed by atoms with Crippen LogP contribution in [0, 0.1) is 12.8 Å². The Hall–Kier alpha value is -0.820. The lowest BCUT2D eigenvalue weighted by molar-refractivity contribution is 0.377. The lowest BCUT2D eigenvalue weighted by Gasteiger charge is -2.22. The number of benzene rings is 1. The van der Waals surface area contributed by atoms with Gasteiger partial charge in [0.2, 0.25) is 0 Å². The minimum absolute atomic E-state index is 0.612. The molecule has 0 aliphatic carbocycles. The largest absolute Gasteiger partial charge is 0.317 e. The van der Waals surface area contributed by atoms with Crippen molar-refractivity contribution in [2.45, 2.75) is 52.5 Å². The third-order valence-electron chi connectivity index (χ3n) is 3.91. The topological polar surface area (TPSA) is 12.0 Å². The first-order chi connectivity index (χ1) is 8.21. The average Bonchev–Trinajstić information content (AvgIpc) is 2.36. The molecular weight excluding hydrogens is 206 g/mol. The Morgan fingerprint density at radius 1 is 1.12 bits per heavy atom. The van der Waals surface area contributed by atoms with Crippen LogP contribution in [0.5, 0.6) is 0 Å². The zero-order valence-electron chi connectivity index (χ0n) is 11.8. The van der Waals surface area contributed by atoms with Gasteiger partial charge in [-0.15, -0.1) is 0 Å². The van der Waals surface area contributed by atoms with Crippen LogP contribution in [0.25, 0.3) is 0 Å². The molecule has 96 valence electrons. The van der Waals surface area contributed by atoms with E-state index in [1.807, 2.05) is 0 Å². The van der Waals surface area contributed by atoms with Gasteiger partial charge >= 0.3 is 0 Å². The van der Waals surface area contributed by atoms with E-state index in [1.165, 1.54) is 30.4 Å². The molecule has 0 saturated carbocycles. The fourth-order valence-electron chi connectivity index (χ4n) is 2.43. The molecule has 1 rings (SSSR count). The molecule has 0 fully saturated rings. The van der Waals surface area contributed by atoms with Crippen molar-refractivity contribution in [3.63, 3.8) is 0 Å². The Morgan fingerprint density at radius 3 is 2.29 bits per heavy atom. The highest BCUT2D eigenvalue weighted by Gasteiger charge is 2.13. The van der Waals surface area contributed by atoms with E-state index >= 15 is 0 Å². The molecule has 0 amide bonds. The van der Waals surface area contributed by atoms with Crippen molar-refractivity contribution >= 4 is 0 Å². The monoisotopic (exact) mass is 233 g/mol. The van der Waals surface area contributed by atoms with Crippen LogP contribution in [-0.2, 0) is 6.42 Å². The molecule has 0 aromatic heterocycles. The highest BCUT2D eigenvalue weighted by Crippen LogP contribution is 2.18. The van der Waals surface area contributed by atoms with Crippen LogP contribution in [0.2, 0.25) is 0 Å². The molecule has 1 unspecified atom stereocenters. The van der Waals surface area contributed by atoms with Crippen LogP contribution in [0.15, 0.2) is 24.3 Å². The van der Waals surface area contributed by atoms with Gasteiger partial charge in [0.25, 0.3) is 0 Å². The fourth-order valence-corrected chi connectivity index (χ4v) is 2.43. The van der Waals surface area contributed by atoms with Crippen molar-refractivity contribution in [1.29, 1.82) is 0 Å². The first kappa shape index (κ1) is 14.2. The Balaban J connectivity index is 2.61. The molecule has 1 aromatic carbocycles. The summed E-state index contributed by atoms with van der Waals surface area (Å²) in [5.41, 5.74) is 2.90. The second-order valence-electron chi connectivity index (χ2n) is 5.03. The van der Waals surface area contributed by atoms with E-state index in [0.29, 0.717) is 6.04 Å². The van der Waals surface area contributed by atoms with Gasteiger partial charge in [-0.05, 0) is 43.9 Å². The maximum absolute atomic E-state index is 3.48. The summed E-state index contributed by atoms with van der Waals surface area (Å²) in [5, 5.41) is 3.48. The highest BCUT2D eigenvalue weighted by atomic mass is 14.9. The van der Waals surface area contributed by atoms with Crippen molar-refractivity contribution in [2.24, 2.45) is 5.92 Å². The third-order valence-corrected chi connectivity index (χ3v) is 3.91. The summed E-state index contributed by atoms with van der Waals surface area (Å²) in [6.45, 7) is 6.81. The van der Waals surface area contributed by atoms with Gasteiger partial charge in [-0.2, -0.15) is 0 Å². The summed E-state index contributed by atoms with van der Waals surface area (Å²) in [6, 6.07) is 9.34. The first-order valence-electron chi connectivity index (χ1n) is 6.93. The number of hydrogen-bond donors (Lipinski definition) is 1. The summed E-state index contributed by atoms with van der Waals surface area (Å²) in [6.07, 6.45) is 5.03. The molecule has 1 heteroatoms. The van der Waals surface area contributed by atoms with Crippen LogP contribution in [0.4, 0.5) is 0 Å². The molecule has 1 nitrogen and oxygen atoms in total. The Labute approximate surface area is 107 Å². The van der Waals surface area contributed by atoms with E-state index in [-0.39, 0.29) is 0 Å². The van der Waals surface area contributed by atoms with Crippen LogP contribution in [0.1, 0.15) is 44.2 Å². The van der Waals surface area contributed by atoms with Crippen molar-refractivity contribution in [2.75, 3.05) is 7.05 Å². The van der Waals surface area contributed by atoms with Gasteiger partial charge < -0.3 is 5.32 Å². The SMILES string of the molecule is CCC(CC)CC(Cc1ccccc1C)NC. The quantitative estimate of drug-likeness (QED) is 0.752. The number of aryl methyl sites for hydroxylation is 1. The first-order valence-corrected chi connectivity index (χ1v) is 6.93. The van der Waals surface area contributed by atoms with E-state index in [0.717, 1.165) is 12.3 Å². The Bertz CT molecular complexity index is 315. The van der Waals surface area contributed by atoms with Crippen molar-refractivity contribution in [1.82, 2.24) is 5.32 Å². The van der Waals surface area contributed by atoms with Crippen LogP contribution < -0.4 is 5.32 Å². The maximum atomic E-state index is 3.48. The Morgan fingerprint density at radius 2 is 1.76 bits per heavy atom. The van der Waals surface area contributed by atoms with E-state index in [2.05, 4.69) is 57.4 Å². The highest BCUT2D eigenvalue weighted by molar-refractivity contribution is 5.26. The maximum Gasteiger partial charge on any atom is 0.0107 e. The van der Waals surface area contributed by atoms with Gasteiger partial charge in [0.15, 0.2) is 0 Å². The summed E-state index contributed by atoms with van der Waals surface area (Å²) in [7, 11) is 2.09. The molecule has 0 radical (unpaired) electrons. The van der Waals surface area contributed by atoms with Crippen molar-refractivity contribution in [3.8, 4) is 0 Å². The average molecular weight is 233 g/mol. The van der Waals surface area contributed by atoms with Gasteiger partial charge in [-0.1, -0.05) is 51.0 Å². The lowest BCUT2D eigenvalue weighted by atomic mass is 9.90. The van der Waals surface area contributed by atoms with Crippen LogP contribution in [0.3, 0.4) is 0 Å². The Kier molecular flexibility index (Phi) is 6.28. The van der Waals surface area contributed by atoms with Gasteiger partial charge in [0.05, 0.1) is 0 Å². The standard InChI is InChI=1S/C16H27N/c1-5-14(6-2)11-16(17-4)12-15-10-8-7-9-13(15)3/h7-10,14,16-17H,5-6,11-12H2,1-4H3. The third kappa shape index (κ3) is 4.51. The lowest BCUT2D eigenvalue weighted by Crippen LogP contribution is -2.30. The zero-order valence-corrected chi connectivity index (χ0v) is 11.8. The van der Waals surface area contributed by atoms with Crippen molar-refractivity contribution < 1.29 is 0 Å². The van der Waals surface area contributed by atoms with E-state index in [9.17, 15) is 0 Å². The second-order valence-corrected chi connectivity index (χ2v) is 5.03. The number of nitrogens with one attached hydrogen (secondary N) is 1. The van der Waals surface area contributed by atoms with E-state index < -0.39 is 0 Å². The zero-order chi connectivity index (χ0) is 12.7. The smallest absolute Gasteiger partial charge is 0.0107 e.